The van der Waals surface area contributed by atoms with Crippen LogP contribution in [0.4, 0.5) is 5.69 Å². The van der Waals surface area contributed by atoms with Gasteiger partial charge in [0.05, 0.1) is 19.1 Å². The number of benzene rings is 1. The van der Waals surface area contributed by atoms with Crippen LogP contribution in [0.3, 0.4) is 0 Å². The Hall–Kier alpha value is -3.54. The number of nitrogens with one attached hydrogen (secondary N) is 1. The topological polar surface area (TPSA) is 75.7 Å². The summed E-state index contributed by atoms with van der Waals surface area (Å²) in [5.74, 6) is 0.905. The van der Waals surface area contributed by atoms with Gasteiger partial charge >= 0.3 is 0 Å². The summed E-state index contributed by atoms with van der Waals surface area (Å²) >= 11 is 0. The highest BCUT2D eigenvalue weighted by Crippen LogP contribution is 2.19. The van der Waals surface area contributed by atoms with Gasteiger partial charge in [0.1, 0.15) is 11.5 Å². The Bertz CT molecular complexity index is 910. The Labute approximate surface area is 163 Å². The number of aryl methyl sites for hydroxylation is 1. The van der Waals surface area contributed by atoms with Crippen LogP contribution in [0.2, 0.25) is 0 Å². The molecule has 0 saturated carbocycles. The summed E-state index contributed by atoms with van der Waals surface area (Å²) in [6, 6.07) is 14.8. The van der Waals surface area contributed by atoms with E-state index in [1.54, 1.807) is 35.4 Å². The Morgan fingerprint density at radius 1 is 1.04 bits per heavy atom. The molecular formula is C22H22N2O4. The predicted molar refractivity (Wildman–Crippen MR) is 106 cm³/mol. The first-order valence-corrected chi connectivity index (χ1v) is 9.00. The van der Waals surface area contributed by atoms with E-state index < -0.39 is 0 Å². The normalized spacial score (nSPS) is 10.9. The fourth-order valence-electron chi connectivity index (χ4n) is 2.64. The van der Waals surface area contributed by atoms with Crippen LogP contribution in [0.1, 0.15) is 23.5 Å². The minimum Gasteiger partial charge on any atom is -0.467 e. The van der Waals surface area contributed by atoms with E-state index in [0.29, 0.717) is 18.1 Å². The third kappa shape index (κ3) is 5.48. The number of hydrogen-bond acceptors (Lipinski definition) is 4. The molecule has 1 N–H and O–H groups in total. The second kappa shape index (κ2) is 9.41. The van der Waals surface area contributed by atoms with Crippen LogP contribution in [0, 0.1) is 6.92 Å². The summed E-state index contributed by atoms with van der Waals surface area (Å²) < 4.78 is 10.5. The van der Waals surface area contributed by atoms with Gasteiger partial charge in [-0.2, -0.15) is 0 Å². The van der Waals surface area contributed by atoms with Gasteiger partial charge in [0.15, 0.2) is 0 Å². The largest absolute Gasteiger partial charge is 0.467 e. The minimum atomic E-state index is -0.280. The first-order valence-electron chi connectivity index (χ1n) is 9.00. The number of anilines is 1. The van der Waals surface area contributed by atoms with Gasteiger partial charge in [0, 0.05) is 24.7 Å². The second-order valence-electron chi connectivity index (χ2n) is 6.28. The molecule has 0 unspecified atom stereocenters. The van der Waals surface area contributed by atoms with E-state index in [1.807, 2.05) is 37.3 Å². The molecule has 3 rings (SSSR count). The first kappa shape index (κ1) is 19.2. The highest BCUT2D eigenvalue weighted by Gasteiger charge is 2.17. The Balaban J connectivity index is 1.57. The van der Waals surface area contributed by atoms with Crippen molar-refractivity contribution in [2.45, 2.75) is 19.9 Å². The van der Waals surface area contributed by atoms with Crippen LogP contribution < -0.4 is 10.2 Å². The zero-order valence-electron chi connectivity index (χ0n) is 15.6. The second-order valence-corrected chi connectivity index (χ2v) is 6.28. The zero-order chi connectivity index (χ0) is 19.8. The number of hydrogen-bond donors (Lipinski definition) is 1. The van der Waals surface area contributed by atoms with E-state index in [0.717, 1.165) is 11.3 Å². The highest BCUT2D eigenvalue weighted by atomic mass is 16.3. The molecule has 28 heavy (non-hydrogen) atoms. The maximum atomic E-state index is 12.8. The van der Waals surface area contributed by atoms with Crippen LogP contribution in [0.15, 0.2) is 76.0 Å². The van der Waals surface area contributed by atoms with Gasteiger partial charge < -0.3 is 19.1 Å². The molecule has 3 aromatic rings. The van der Waals surface area contributed by atoms with E-state index in [2.05, 4.69) is 5.32 Å². The number of rotatable bonds is 8. The zero-order valence-corrected chi connectivity index (χ0v) is 15.6. The van der Waals surface area contributed by atoms with E-state index >= 15 is 0 Å². The molecule has 2 heterocycles. The van der Waals surface area contributed by atoms with Crippen molar-refractivity contribution in [1.82, 2.24) is 5.32 Å². The molecule has 0 fully saturated rings. The highest BCUT2D eigenvalue weighted by molar-refractivity contribution is 5.94. The Kier molecular flexibility index (Phi) is 6.46. The van der Waals surface area contributed by atoms with E-state index in [4.69, 9.17) is 8.83 Å². The number of furan rings is 2. The summed E-state index contributed by atoms with van der Waals surface area (Å²) in [6.45, 7) is 2.57. The molecule has 2 aromatic heterocycles. The molecule has 0 aliphatic rings. The average Bonchev–Trinajstić information content (AvgIpc) is 3.39. The van der Waals surface area contributed by atoms with Gasteiger partial charge in [-0.15, -0.1) is 0 Å². The van der Waals surface area contributed by atoms with Crippen LogP contribution in [-0.4, -0.2) is 18.4 Å². The summed E-state index contributed by atoms with van der Waals surface area (Å²) in [5, 5.41) is 2.71. The van der Waals surface area contributed by atoms with Gasteiger partial charge in [-0.25, -0.2) is 0 Å². The summed E-state index contributed by atoms with van der Waals surface area (Å²) in [6.07, 6.45) is 6.25. The molecule has 0 atom stereocenters. The fraction of sp³-hybridized carbons (Fsp3) is 0.182. The molecular weight excluding hydrogens is 356 g/mol. The third-order valence-corrected chi connectivity index (χ3v) is 4.12. The SMILES string of the molecule is Cc1ccc(N(Cc2ccco2)C(=O)CCNC(=O)/C=C/c2ccco2)cc1. The first-order chi connectivity index (χ1) is 13.6. The van der Waals surface area contributed by atoms with Gasteiger partial charge in [-0.3, -0.25) is 9.59 Å². The van der Waals surface area contributed by atoms with Crippen molar-refractivity contribution < 1.29 is 18.4 Å². The van der Waals surface area contributed by atoms with Gasteiger partial charge in [-0.05, 0) is 49.4 Å². The van der Waals surface area contributed by atoms with Crippen LogP contribution in [0.25, 0.3) is 6.08 Å². The predicted octanol–water partition coefficient (Wildman–Crippen LogP) is 3.93. The Morgan fingerprint density at radius 2 is 1.79 bits per heavy atom. The lowest BCUT2D eigenvalue weighted by Gasteiger charge is -2.22. The van der Waals surface area contributed by atoms with Crippen molar-refractivity contribution in [3.63, 3.8) is 0 Å². The standard InChI is InChI=1S/C22H22N2O4/c1-17-6-8-18(9-7-17)24(16-20-5-3-15-28-20)22(26)12-13-23-21(25)11-10-19-4-2-14-27-19/h2-11,14-15H,12-13,16H2,1H3,(H,23,25)/b11-10+. The van der Waals surface area contributed by atoms with Crippen LogP contribution in [0.5, 0.6) is 0 Å². The van der Waals surface area contributed by atoms with Crippen LogP contribution in [-0.2, 0) is 16.1 Å². The van der Waals surface area contributed by atoms with Crippen molar-refractivity contribution in [2.75, 3.05) is 11.4 Å². The lowest BCUT2D eigenvalue weighted by Crippen LogP contribution is -2.33. The molecule has 6 heteroatoms. The molecule has 0 saturated heterocycles. The molecule has 1 aromatic carbocycles. The summed E-state index contributed by atoms with van der Waals surface area (Å²) in [5.41, 5.74) is 1.90. The Morgan fingerprint density at radius 3 is 2.46 bits per heavy atom. The van der Waals surface area contributed by atoms with E-state index in [-0.39, 0.29) is 24.8 Å². The molecule has 0 aliphatic heterocycles. The number of carbonyl (C=O) groups is 2. The summed E-state index contributed by atoms with van der Waals surface area (Å²) in [4.78, 5) is 26.3. The smallest absolute Gasteiger partial charge is 0.244 e. The minimum absolute atomic E-state index is 0.101. The lowest BCUT2D eigenvalue weighted by molar-refractivity contribution is -0.119. The lowest BCUT2D eigenvalue weighted by atomic mass is 10.2. The van der Waals surface area contributed by atoms with Crippen LogP contribution >= 0.6 is 0 Å². The molecule has 6 nitrogen and oxygen atoms in total. The maximum Gasteiger partial charge on any atom is 0.244 e. The number of nitrogens with zero attached hydrogens (tertiary/aromatic N) is 1. The van der Waals surface area contributed by atoms with Crippen molar-refractivity contribution in [2.24, 2.45) is 0 Å². The molecule has 0 bridgehead atoms. The van der Waals surface area contributed by atoms with Gasteiger partial charge in [0.25, 0.3) is 0 Å². The molecule has 0 radical (unpaired) electrons. The quantitative estimate of drug-likeness (QED) is 0.603. The van der Waals surface area contributed by atoms with E-state index in [9.17, 15) is 9.59 Å². The fourth-order valence-corrected chi connectivity index (χ4v) is 2.64. The maximum absolute atomic E-state index is 12.8. The van der Waals surface area contributed by atoms with Crippen molar-refractivity contribution in [1.29, 1.82) is 0 Å². The monoisotopic (exact) mass is 378 g/mol. The van der Waals surface area contributed by atoms with Crippen molar-refractivity contribution in [3.8, 4) is 0 Å². The molecule has 0 aliphatic carbocycles. The summed E-state index contributed by atoms with van der Waals surface area (Å²) in [7, 11) is 0. The van der Waals surface area contributed by atoms with Gasteiger partial charge in [-0.1, -0.05) is 17.7 Å². The molecule has 144 valence electrons. The molecule has 2 amide bonds. The number of amides is 2. The number of carbonyl (C=O) groups excluding carboxylic acids is 2. The van der Waals surface area contributed by atoms with E-state index in [1.165, 1.54) is 12.3 Å². The third-order valence-electron chi connectivity index (χ3n) is 4.12. The van der Waals surface area contributed by atoms with Crippen molar-refractivity contribution in [3.05, 3.63) is 84.2 Å². The molecule has 0 spiro atoms. The van der Waals surface area contributed by atoms with Gasteiger partial charge in [0.2, 0.25) is 11.8 Å². The van der Waals surface area contributed by atoms with Crippen molar-refractivity contribution >= 4 is 23.6 Å². The average molecular weight is 378 g/mol.